The van der Waals surface area contributed by atoms with Crippen LogP contribution in [0.5, 0.6) is 0 Å². The molecular formula is C10H19N3O2S. The van der Waals surface area contributed by atoms with E-state index in [-0.39, 0.29) is 23.1 Å². The highest BCUT2D eigenvalue weighted by atomic mass is 32.2. The van der Waals surface area contributed by atoms with E-state index in [0.29, 0.717) is 25.3 Å². The van der Waals surface area contributed by atoms with Crippen LogP contribution in [0.4, 0.5) is 0 Å². The molecule has 5 nitrogen and oxygen atoms in total. The molecule has 1 fully saturated rings. The van der Waals surface area contributed by atoms with Gasteiger partial charge in [0.1, 0.15) is 0 Å². The minimum atomic E-state index is -2.83. The van der Waals surface area contributed by atoms with Crippen LogP contribution in [0.3, 0.4) is 0 Å². The summed E-state index contributed by atoms with van der Waals surface area (Å²) in [7, 11) is -2.83. The van der Waals surface area contributed by atoms with Crippen molar-refractivity contribution in [1.29, 1.82) is 0 Å². The molecule has 6 heteroatoms. The standard InChI is InChI=1S/C10H19N3O2S/c1-8(2)13-9(11)12-7-10(13)3-5-16(14,15)6-4-10/h8H,3-7H2,1-2H3,(H2,11,12). The summed E-state index contributed by atoms with van der Waals surface area (Å²) in [6, 6.07) is 0.270. The van der Waals surface area contributed by atoms with Gasteiger partial charge in [0.15, 0.2) is 15.8 Å². The maximum atomic E-state index is 11.5. The first-order valence-electron chi connectivity index (χ1n) is 5.66. The normalized spacial score (nSPS) is 27.4. The van der Waals surface area contributed by atoms with Gasteiger partial charge in [0, 0.05) is 6.04 Å². The van der Waals surface area contributed by atoms with Crippen LogP contribution < -0.4 is 5.73 Å². The molecule has 1 saturated heterocycles. The molecule has 92 valence electrons. The average Bonchev–Trinajstić information content (AvgIpc) is 2.50. The predicted molar refractivity (Wildman–Crippen MR) is 64.1 cm³/mol. The smallest absolute Gasteiger partial charge is 0.192 e. The molecule has 0 aliphatic carbocycles. The van der Waals surface area contributed by atoms with Crippen LogP contribution in [0.1, 0.15) is 26.7 Å². The van der Waals surface area contributed by atoms with Crippen LogP contribution >= 0.6 is 0 Å². The number of rotatable bonds is 1. The van der Waals surface area contributed by atoms with Gasteiger partial charge in [0.25, 0.3) is 0 Å². The molecule has 2 aliphatic heterocycles. The maximum Gasteiger partial charge on any atom is 0.192 e. The molecule has 0 atom stereocenters. The monoisotopic (exact) mass is 245 g/mol. The van der Waals surface area contributed by atoms with E-state index < -0.39 is 9.84 Å². The van der Waals surface area contributed by atoms with Crippen molar-refractivity contribution in [2.45, 2.75) is 38.3 Å². The Kier molecular flexibility index (Phi) is 2.64. The Hall–Kier alpha value is -0.780. The van der Waals surface area contributed by atoms with Crippen LogP contribution in [0.15, 0.2) is 4.99 Å². The summed E-state index contributed by atoms with van der Waals surface area (Å²) in [5.74, 6) is 1.09. The Balaban J connectivity index is 2.22. The summed E-state index contributed by atoms with van der Waals surface area (Å²) < 4.78 is 22.9. The van der Waals surface area contributed by atoms with E-state index in [2.05, 4.69) is 23.7 Å². The highest BCUT2D eigenvalue weighted by Crippen LogP contribution is 2.35. The molecule has 0 bridgehead atoms. The molecule has 0 radical (unpaired) electrons. The van der Waals surface area contributed by atoms with Crippen molar-refractivity contribution in [2.24, 2.45) is 10.7 Å². The average molecular weight is 245 g/mol. The van der Waals surface area contributed by atoms with Gasteiger partial charge in [-0.05, 0) is 26.7 Å². The van der Waals surface area contributed by atoms with E-state index in [4.69, 9.17) is 5.73 Å². The van der Waals surface area contributed by atoms with E-state index in [1.807, 2.05) is 0 Å². The molecule has 2 N–H and O–H groups in total. The first-order valence-corrected chi connectivity index (χ1v) is 7.48. The molecule has 16 heavy (non-hydrogen) atoms. The van der Waals surface area contributed by atoms with E-state index in [0.717, 1.165) is 0 Å². The molecule has 0 saturated carbocycles. The van der Waals surface area contributed by atoms with Crippen molar-refractivity contribution in [1.82, 2.24) is 4.90 Å². The molecule has 0 aromatic carbocycles. The minimum Gasteiger partial charge on any atom is -0.370 e. The number of nitrogens with two attached hydrogens (primary N) is 1. The third kappa shape index (κ3) is 1.79. The lowest BCUT2D eigenvalue weighted by atomic mass is 9.90. The van der Waals surface area contributed by atoms with Gasteiger partial charge in [-0.1, -0.05) is 0 Å². The summed E-state index contributed by atoms with van der Waals surface area (Å²) in [5, 5.41) is 0. The number of nitrogens with zero attached hydrogens (tertiary/aromatic N) is 2. The molecule has 0 aromatic heterocycles. The SMILES string of the molecule is CC(C)N1C(N)=NCC12CCS(=O)(=O)CC2. The van der Waals surface area contributed by atoms with Gasteiger partial charge in [0.2, 0.25) is 0 Å². The Morgan fingerprint density at radius 3 is 2.44 bits per heavy atom. The molecule has 2 rings (SSSR count). The zero-order chi connectivity index (χ0) is 12.0. The van der Waals surface area contributed by atoms with Gasteiger partial charge in [-0.3, -0.25) is 4.99 Å². The fourth-order valence-electron chi connectivity index (χ4n) is 2.75. The molecular weight excluding hydrogens is 226 g/mol. The Labute approximate surface area is 96.6 Å². The molecule has 0 aromatic rings. The van der Waals surface area contributed by atoms with E-state index in [1.165, 1.54) is 0 Å². The van der Waals surface area contributed by atoms with Crippen molar-refractivity contribution in [3.63, 3.8) is 0 Å². The topological polar surface area (TPSA) is 75.8 Å². The highest BCUT2D eigenvalue weighted by molar-refractivity contribution is 7.91. The number of hydrogen-bond donors (Lipinski definition) is 1. The molecule has 2 heterocycles. The van der Waals surface area contributed by atoms with Crippen molar-refractivity contribution >= 4 is 15.8 Å². The summed E-state index contributed by atoms with van der Waals surface area (Å²) in [6.07, 6.45) is 1.30. The second-order valence-corrected chi connectivity index (χ2v) is 7.32. The van der Waals surface area contributed by atoms with Crippen LogP contribution in [0.25, 0.3) is 0 Å². The van der Waals surface area contributed by atoms with Gasteiger partial charge >= 0.3 is 0 Å². The first-order chi connectivity index (χ1) is 7.36. The van der Waals surface area contributed by atoms with Crippen molar-refractivity contribution in [3.05, 3.63) is 0 Å². The molecule has 0 amide bonds. The second-order valence-electron chi connectivity index (χ2n) is 5.01. The third-order valence-corrected chi connectivity index (χ3v) is 5.22. The fourth-order valence-corrected chi connectivity index (χ4v) is 4.34. The van der Waals surface area contributed by atoms with Gasteiger partial charge in [-0.2, -0.15) is 0 Å². The van der Waals surface area contributed by atoms with Crippen molar-refractivity contribution in [2.75, 3.05) is 18.1 Å². The lowest BCUT2D eigenvalue weighted by Crippen LogP contribution is -2.57. The maximum absolute atomic E-state index is 11.5. The van der Waals surface area contributed by atoms with E-state index in [9.17, 15) is 8.42 Å². The molecule has 0 unspecified atom stereocenters. The summed E-state index contributed by atoms with van der Waals surface area (Å²) >= 11 is 0. The number of aliphatic imine (C=N–C) groups is 1. The van der Waals surface area contributed by atoms with Gasteiger partial charge in [-0.15, -0.1) is 0 Å². The van der Waals surface area contributed by atoms with Gasteiger partial charge in [0.05, 0.1) is 23.6 Å². The van der Waals surface area contributed by atoms with Crippen LogP contribution in [0.2, 0.25) is 0 Å². The van der Waals surface area contributed by atoms with E-state index in [1.54, 1.807) is 0 Å². The molecule has 2 aliphatic rings. The number of sulfone groups is 1. The Morgan fingerprint density at radius 1 is 1.38 bits per heavy atom. The third-order valence-electron chi connectivity index (χ3n) is 3.57. The molecule has 1 spiro atoms. The van der Waals surface area contributed by atoms with E-state index >= 15 is 0 Å². The lowest BCUT2D eigenvalue weighted by Gasteiger charge is -2.44. The van der Waals surface area contributed by atoms with Gasteiger partial charge < -0.3 is 10.6 Å². The number of hydrogen-bond acceptors (Lipinski definition) is 5. The van der Waals surface area contributed by atoms with Crippen molar-refractivity contribution in [3.8, 4) is 0 Å². The van der Waals surface area contributed by atoms with Gasteiger partial charge in [-0.25, -0.2) is 8.42 Å². The predicted octanol–water partition coefficient (Wildman–Crippen LogP) is -0.0275. The second kappa shape index (κ2) is 3.61. The quantitative estimate of drug-likeness (QED) is 0.704. The van der Waals surface area contributed by atoms with Crippen LogP contribution in [-0.2, 0) is 9.84 Å². The summed E-state index contributed by atoms with van der Waals surface area (Å²) in [4.78, 5) is 6.39. The Bertz CT molecular complexity index is 400. The largest absolute Gasteiger partial charge is 0.370 e. The zero-order valence-electron chi connectivity index (χ0n) is 9.81. The minimum absolute atomic E-state index is 0.135. The lowest BCUT2D eigenvalue weighted by molar-refractivity contribution is 0.150. The Morgan fingerprint density at radius 2 is 1.94 bits per heavy atom. The highest BCUT2D eigenvalue weighted by Gasteiger charge is 2.46. The number of guanidine groups is 1. The van der Waals surface area contributed by atoms with Crippen molar-refractivity contribution < 1.29 is 8.42 Å². The summed E-state index contributed by atoms with van der Waals surface area (Å²) in [5.41, 5.74) is 5.74. The zero-order valence-corrected chi connectivity index (χ0v) is 10.6. The fraction of sp³-hybridized carbons (Fsp3) is 0.900. The first kappa shape index (κ1) is 11.7. The summed E-state index contributed by atoms with van der Waals surface area (Å²) in [6.45, 7) is 4.78. The van der Waals surface area contributed by atoms with Crippen LogP contribution in [-0.4, -0.2) is 48.9 Å². The van der Waals surface area contributed by atoms with Crippen LogP contribution in [0, 0.1) is 0 Å².